The lowest BCUT2D eigenvalue weighted by Crippen LogP contribution is -2.54. The van der Waals surface area contributed by atoms with E-state index in [2.05, 4.69) is 10.6 Å². The van der Waals surface area contributed by atoms with E-state index in [1.807, 2.05) is 0 Å². The number of rotatable bonds is 6. The van der Waals surface area contributed by atoms with Gasteiger partial charge in [0, 0.05) is 33.3 Å². The van der Waals surface area contributed by atoms with E-state index < -0.39 is 0 Å². The second-order valence-electron chi connectivity index (χ2n) is 7.61. The summed E-state index contributed by atoms with van der Waals surface area (Å²) < 4.78 is 17.0. The number of likely N-dealkylation sites (N-methyl/N-ethyl adjacent to an activating group) is 1. The molecule has 3 amide bonds. The molecule has 2 aliphatic rings. The molecule has 0 aromatic heterocycles. The van der Waals surface area contributed by atoms with E-state index in [1.54, 1.807) is 37.3 Å². The van der Waals surface area contributed by atoms with Gasteiger partial charge < -0.3 is 29.7 Å². The van der Waals surface area contributed by atoms with Crippen LogP contribution in [0.3, 0.4) is 0 Å². The summed E-state index contributed by atoms with van der Waals surface area (Å²) in [7, 11) is 3.34. The molecule has 164 valence electrons. The maximum absolute atomic E-state index is 13.1. The van der Waals surface area contributed by atoms with Crippen LogP contribution in [0, 0.1) is 0 Å². The van der Waals surface area contributed by atoms with Gasteiger partial charge in [-0.2, -0.15) is 0 Å². The molecule has 2 aliphatic heterocycles. The zero-order chi connectivity index (χ0) is 21.7. The summed E-state index contributed by atoms with van der Waals surface area (Å²) in [6.45, 7) is 2.62. The quantitative estimate of drug-likeness (QED) is 0.671. The van der Waals surface area contributed by atoms with Gasteiger partial charge in [-0.1, -0.05) is 0 Å². The summed E-state index contributed by atoms with van der Waals surface area (Å²) in [4.78, 5) is 38.2. The van der Waals surface area contributed by atoms with Crippen molar-refractivity contribution < 1.29 is 28.6 Å². The molecule has 2 N–H and O–H groups in total. The number of carbonyl (C=O) groups excluding carboxylic acids is 3. The first-order chi connectivity index (χ1) is 14.4. The molecule has 2 heterocycles. The van der Waals surface area contributed by atoms with Crippen molar-refractivity contribution in [3.63, 3.8) is 0 Å². The van der Waals surface area contributed by atoms with Gasteiger partial charge in [0.25, 0.3) is 5.91 Å². The van der Waals surface area contributed by atoms with Crippen LogP contribution in [0.5, 0.6) is 5.75 Å². The minimum Gasteiger partial charge on any atom is -0.490 e. The topological polar surface area (TPSA) is 106 Å². The molecular formula is C21H29N3O6. The van der Waals surface area contributed by atoms with Gasteiger partial charge in [0.1, 0.15) is 18.5 Å². The standard InChI is InChI=1S/C21H29N3O6/c1-13(25)23-14-4-7-18-16(10-14)21(27)24(2)17-6-5-15(30-19(17)12-29-18)11-20(26)22-8-9-28-3/h4,7,10,15,17,19H,5-6,8-9,11-12H2,1-3H3,(H,22,26)(H,23,25)/t15-,17+,19+/m0/s1. The molecule has 0 spiro atoms. The van der Waals surface area contributed by atoms with Gasteiger partial charge in [-0.05, 0) is 31.0 Å². The molecule has 1 aromatic carbocycles. The number of methoxy groups -OCH3 is 1. The molecule has 1 saturated heterocycles. The third-order valence-corrected chi connectivity index (χ3v) is 5.37. The van der Waals surface area contributed by atoms with Crippen LogP contribution in [-0.4, -0.2) is 74.8 Å². The number of hydrogen-bond donors (Lipinski definition) is 2. The monoisotopic (exact) mass is 419 g/mol. The van der Waals surface area contributed by atoms with Crippen molar-refractivity contribution in [3.05, 3.63) is 23.8 Å². The second-order valence-corrected chi connectivity index (χ2v) is 7.61. The number of anilines is 1. The fourth-order valence-electron chi connectivity index (χ4n) is 3.88. The minimum absolute atomic E-state index is 0.0810. The van der Waals surface area contributed by atoms with Gasteiger partial charge in [-0.3, -0.25) is 14.4 Å². The molecule has 0 aliphatic carbocycles. The van der Waals surface area contributed by atoms with Crippen LogP contribution < -0.4 is 15.4 Å². The zero-order valence-corrected chi connectivity index (χ0v) is 17.6. The molecule has 30 heavy (non-hydrogen) atoms. The van der Waals surface area contributed by atoms with Crippen LogP contribution in [0.25, 0.3) is 0 Å². The summed E-state index contributed by atoms with van der Waals surface area (Å²) in [5.41, 5.74) is 0.949. The zero-order valence-electron chi connectivity index (χ0n) is 17.6. The molecule has 0 saturated carbocycles. The van der Waals surface area contributed by atoms with Gasteiger partial charge in [0.2, 0.25) is 11.8 Å². The minimum atomic E-state index is -0.326. The summed E-state index contributed by atoms with van der Waals surface area (Å²) in [6, 6.07) is 4.85. The van der Waals surface area contributed by atoms with E-state index >= 15 is 0 Å². The van der Waals surface area contributed by atoms with Gasteiger partial charge in [-0.25, -0.2) is 0 Å². The molecular weight excluding hydrogens is 390 g/mol. The number of carbonyl (C=O) groups is 3. The van der Waals surface area contributed by atoms with Crippen LogP contribution in [0.2, 0.25) is 0 Å². The van der Waals surface area contributed by atoms with Crippen LogP contribution in [0.15, 0.2) is 18.2 Å². The lowest BCUT2D eigenvalue weighted by molar-refractivity contribution is -0.134. The maximum atomic E-state index is 13.1. The number of ether oxygens (including phenoxy) is 3. The van der Waals surface area contributed by atoms with E-state index in [9.17, 15) is 14.4 Å². The highest BCUT2D eigenvalue weighted by atomic mass is 16.5. The molecule has 9 heteroatoms. The molecule has 9 nitrogen and oxygen atoms in total. The van der Waals surface area contributed by atoms with Crippen molar-refractivity contribution in [2.75, 3.05) is 39.2 Å². The number of hydrogen-bond acceptors (Lipinski definition) is 6. The summed E-state index contributed by atoms with van der Waals surface area (Å²) >= 11 is 0. The molecule has 1 fully saturated rings. The Labute approximate surface area is 176 Å². The highest BCUT2D eigenvalue weighted by Crippen LogP contribution is 2.32. The Hall–Kier alpha value is -2.65. The van der Waals surface area contributed by atoms with Crippen LogP contribution in [0.4, 0.5) is 5.69 Å². The average molecular weight is 419 g/mol. The van der Waals surface area contributed by atoms with Crippen LogP contribution in [-0.2, 0) is 19.1 Å². The van der Waals surface area contributed by atoms with E-state index in [0.29, 0.717) is 43.0 Å². The van der Waals surface area contributed by atoms with Crippen molar-refractivity contribution in [3.8, 4) is 5.75 Å². The van der Waals surface area contributed by atoms with Gasteiger partial charge in [0.15, 0.2) is 0 Å². The molecule has 0 bridgehead atoms. The fraction of sp³-hybridized carbons (Fsp3) is 0.571. The Morgan fingerprint density at radius 1 is 1.30 bits per heavy atom. The van der Waals surface area contributed by atoms with Crippen LogP contribution >= 0.6 is 0 Å². The Bertz CT molecular complexity index is 799. The first-order valence-electron chi connectivity index (χ1n) is 10.1. The number of amides is 3. The van der Waals surface area contributed by atoms with Crippen molar-refractivity contribution in [2.24, 2.45) is 0 Å². The third-order valence-electron chi connectivity index (χ3n) is 5.37. The summed E-state index contributed by atoms with van der Waals surface area (Å²) in [5, 5.41) is 5.49. The molecule has 1 aromatic rings. The molecule has 0 radical (unpaired) electrons. The maximum Gasteiger partial charge on any atom is 0.257 e. The second kappa shape index (κ2) is 9.90. The lowest BCUT2D eigenvalue weighted by atomic mass is 9.94. The Morgan fingerprint density at radius 2 is 2.10 bits per heavy atom. The van der Waals surface area contributed by atoms with Gasteiger partial charge in [0.05, 0.1) is 30.7 Å². The number of benzene rings is 1. The first kappa shape index (κ1) is 22.0. The number of nitrogens with zero attached hydrogens (tertiary/aromatic N) is 1. The third kappa shape index (κ3) is 5.28. The smallest absolute Gasteiger partial charge is 0.257 e. The van der Waals surface area contributed by atoms with Crippen molar-refractivity contribution in [1.29, 1.82) is 0 Å². The number of fused-ring (bicyclic) bond motifs is 2. The van der Waals surface area contributed by atoms with Crippen molar-refractivity contribution in [2.45, 2.75) is 44.4 Å². The normalized spacial score (nSPS) is 23.4. The summed E-state index contributed by atoms with van der Waals surface area (Å²) in [6.07, 6.45) is 1.11. The largest absolute Gasteiger partial charge is 0.490 e. The van der Waals surface area contributed by atoms with E-state index in [1.165, 1.54) is 6.92 Å². The first-order valence-corrected chi connectivity index (χ1v) is 10.1. The molecule has 3 rings (SSSR count). The van der Waals surface area contributed by atoms with Crippen molar-refractivity contribution >= 4 is 23.4 Å². The highest BCUT2D eigenvalue weighted by molar-refractivity contribution is 5.99. The van der Waals surface area contributed by atoms with E-state index in [4.69, 9.17) is 14.2 Å². The Morgan fingerprint density at radius 3 is 2.83 bits per heavy atom. The van der Waals surface area contributed by atoms with Gasteiger partial charge >= 0.3 is 0 Å². The Balaban J connectivity index is 1.69. The summed E-state index contributed by atoms with van der Waals surface area (Å²) in [5.74, 6) is -0.0307. The van der Waals surface area contributed by atoms with E-state index in [-0.39, 0.29) is 49.0 Å². The average Bonchev–Trinajstić information content (AvgIpc) is 2.71. The number of nitrogens with one attached hydrogen (secondary N) is 2. The van der Waals surface area contributed by atoms with Crippen molar-refractivity contribution in [1.82, 2.24) is 10.2 Å². The predicted molar refractivity (Wildman–Crippen MR) is 110 cm³/mol. The molecule has 3 atom stereocenters. The predicted octanol–water partition coefficient (Wildman–Crippen LogP) is 1.18. The SMILES string of the molecule is COCCNC(=O)C[C@@H]1CC[C@@H]2[C@@H](COc3ccc(NC(C)=O)cc3C(=O)N2C)O1. The van der Waals surface area contributed by atoms with E-state index in [0.717, 1.165) is 0 Å². The lowest BCUT2D eigenvalue weighted by Gasteiger charge is -2.42. The van der Waals surface area contributed by atoms with Crippen LogP contribution in [0.1, 0.15) is 36.5 Å². The molecule has 0 unspecified atom stereocenters. The highest BCUT2D eigenvalue weighted by Gasteiger charge is 2.39. The Kier molecular flexibility index (Phi) is 7.28. The fourth-order valence-corrected chi connectivity index (χ4v) is 3.88. The van der Waals surface area contributed by atoms with Gasteiger partial charge in [-0.15, -0.1) is 0 Å².